The second-order valence-electron chi connectivity index (χ2n) is 4.97. The Morgan fingerprint density at radius 2 is 1.96 bits per heavy atom. The van der Waals surface area contributed by atoms with Gasteiger partial charge in [-0.25, -0.2) is 9.07 Å². The van der Waals surface area contributed by atoms with E-state index < -0.39 is 11.8 Å². The summed E-state index contributed by atoms with van der Waals surface area (Å²) in [4.78, 5) is 23.0. The average molecular weight is 328 g/mol. The van der Waals surface area contributed by atoms with E-state index >= 15 is 0 Å². The van der Waals surface area contributed by atoms with Crippen molar-refractivity contribution >= 4 is 17.5 Å². The topological polar surface area (TPSA) is 108 Å². The fraction of sp³-hybridized carbons (Fsp3) is 0.0667. The maximum absolute atomic E-state index is 12.9. The Labute approximate surface area is 135 Å². The van der Waals surface area contributed by atoms with Crippen LogP contribution in [0.1, 0.15) is 10.5 Å². The molecule has 0 atom stereocenters. The fourth-order valence-corrected chi connectivity index (χ4v) is 2.05. The number of anilines is 1. The van der Waals surface area contributed by atoms with Crippen LogP contribution in [0.2, 0.25) is 0 Å². The fourth-order valence-electron chi connectivity index (χ4n) is 2.05. The minimum Gasteiger partial charge on any atom is -0.368 e. The van der Waals surface area contributed by atoms with Gasteiger partial charge in [0.15, 0.2) is 5.69 Å². The number of primary amides is 1. The molecule has 0 radical (unpaired) electrons. The SMILES string of the molecule is NC(=O)Cn1cc(NC(=O)c2ccn(-c3ccc(F)cc3)n2)cn1. The number of aromatic nitrogens is 4. The lowest BCUT2D eigenvalue weighted by Gasteiger charge is -2.01. The van der Waals surface area contributed by atoms with Crippen LogP contribution in [0.4, 0.5) is 10.1 Å². The quantitative estimate of drug-likeness (QED) is 0.727. The molecule has 2 amide bonds. The van der Waals surface area contributed by atoms with Gasteiger partial charge in [-0.1, -0.05) is 0 Å². The first kappa shape index (κ1) is 15.4. The molecule has 0 aliphatic heterocycles. The van der Waals surface area contributed by atoms with Crippen molar-refractivity contribution in [2.75, 3.05) is 5.32 Å². The molecule has 9 heteroatoms. The van der Waals surface area contributed by atoms with Crippen molar-refractivity contribution < 1.29 is 14.0 Å². The van der Waals surface area contributed by atoms with Crippen molar-refractivity contribution in [3.63, 3.8) is 0 Å². The number of hydrogen-bond donors (Lipinski definition) is 2. The Morgan fingerprint density at radius 1 is 1.21 bits per heavy atom. The highest BCUT2D eigenvalue weighted by molar-refractivity contribution is 6.02. The number of nitrogens with two attached hydrogens (primary N) is 1. The van der Waals surface area contributed by atoms with Gasteiger partial charge in [0.25, 0.3) is 5.91 Å². The van der Waals surface area contributed by atoms with Crippen molar-refractivity contribution in [2.24, 2.45) is 5.73 Å². The number of rotatable bonds is 5. The molecule has 3 N–H and O–H groups in total. The molecule has 2 aromatic heterocycles. The van der Waals surface area contributed by atoms with Gasteiger partial charge in [-0.05, 0) is 30.3 Å². The lowest BCUT2D eigenvalue weighted by Crippen LogP contribution is -2.18. The third-order valence-corrected chi connectivity index (χ3v) is 3.12. The van der Waals surface area contributed by atoms with Gasteiger partial charge in [0, 0.05) is 12.4 Å². The minimum absolute atomic E-state index is 0.0743. The van der Waals surface area contributed by atoms with Crippen LogP contribution >= 0.6 is 0 Å². The maximum Gasteiger partial charge on any atom is 0.276 e. The average Bonchev–Trinajstić information content (AvgIpc) is 3.17. The molecule has 122 valence electrons. The van der Waals surface area contributed by atoms with Crippen LogP contribution < -0.4 is 11.1 Å². The summed E-state index contributed by atoms with van der Waals surface area (Å²) in [6.45, 7) is -0.0743. The number of amides is 2. The first-order chi connectivity index (χ1) is 11.5. The number of halogens is 1. The zero-order valence-electron chi connectivity index (χ0n) is 12.4. The number of carbonyl (C=O) groups is 2. The summed E-state index contributed by atoms with van der Waals surface area (Å²) in [5.74, 6) is -1.32. The van der Waals surface area contributed by atoms with E-state index in [1.165, 1.54) is 40.0 Å². The summed E-state index contributed by atoms with van der Waals surface area (Å²) >= 11 is 0. The van der Waals surface area contributed by atoms with E-state index in [2.05, 4.69) is 15.5 Å². The number of nitrogens with zero attached hydrogens (tertiary/aromatic N) is 4. The molecular formula is C15H13FN6O2. The lowest BCUT2D eigenvalue weighted by atomic mass is 10.3. The molecule has 0 unspecified atom stereocenters. The first-order valence-electron chi connectivity index (χ1n) is 6.95. The molecule has 24 heavy (non-hydrogen) atoms. The highest BCUT2D eigenvalue weighted by atomic mass is 19.1. The molecule has 3 aromatic rings. The van der Waals surface area contributed by atoms with Gasteiger partial charge in [-0.15, -0.1) is 0 Å². The molecule has 0 bridgehead atoms. The van der Waals surface area contributed by atoms with E-state index in [0.717, 1.165) is 0 Å². The van der Waals surface area contributed by atoms with E-state index in [1.54, 1.807) is 18.3 Å². The normalized spacial score (nSPS) is 10.5. The van der Waals surface area contributed by atoms with Crippen molar-refractivity contribution in [1.29, 1.82) is 0 Å². The smallest absolute Gasteiger partial charge is 0.276 e. The minimum atomic E-state index is -0.533. The number of nitrogens with one attached hydrogen (secondary N) is 1. The van der Waals surface area contributed by atoms with E-state index in [-0.39, 0.29) is 18.1 Å². The summed E-state index contributed by atoms with van der Waals surface area (Å²) in [7, 11) is 0. The van der Waals surface area contributed by atoms with Crippen molar-refractivity contribution in [3.8, 4) is 5.69 Å². The number of hydrogen-bond acceptors (Lipinski definition) is 4. The third-order valence-electron chi connectivity index (χ3n) is 3.12. The van der Waals surface area contributed by atoms with Crippen LogP contribution in [0.5, 0.6) is 0 Å². The lowest BCUT2D eigenvalue weighted by molar-refractivity contribution is -0.118. The summed E-state index contributed by atoms with van der Waals surface area (Å²) in [5.41, 5.74) is 6.30. The summed E-state index contributed by atoms with van der Waals surface area (Å²) in [6, 6.07) is 7.26. The molecule has 3 rings (SSSR count). The predicted molar refractivity (Wildman–Crippen MR) is 82.9 cm³/mol. The Morgan fingerprint density at radius 3 is 2.67 bits per heavy atom. The highest BCUT2D eigenvalue weighted by Crippen LogP contribution is 2.11. The Bertz CT molecular complexity index is 884. The zero-order valence-corrected chi connectivity index (χ0v) is 12.4. The van der Waals surface area contributed by atoms with Crippen LogP contribution in [0.3, 0.4) is 0 Å². The Kier molecular flexibility index (Phi) is 4.06. The standard InChI is InChI=1S/C15H13FN6O2/c16-10-1-3-12(4-2-10)22-6-5-13(20-22)15(24)19-11-7-18-21(8-11)9-14(17)23/h1-8H,9H2,(H2,17,23)(H,19,24). The molecule has 0 spiro atoms. The summed E-state index contributed by atoms with van der Waals surface area (Å²) in [5, 5.41) is 10.7. The first-order valence-corrected chi connectivity index (χ1v) is 6.95. The van der Waals surface area contributed by atoms with Gasteiger partial charge in [0.05, 0.1) is 17.6 Å². The van der Waals surface area contributed by atoms with Crippen LogP contribution in [0, 0.1) is 5.82 Å². The van der Waals surface area contributed by atoms with Gasteiger partial charge in [0.2, 0.25) is 5.91 Å². The van der Waals surface area contributed by atoms with E-state index in [1.807, 2.05) is 0 Å². The molecule has 8 nitrogen and oxygen atoms in total. The van der Waals surface area contributed by atoms with Crippen LogP contribution in [-0.4, -0.2) is 31.4 Å². The number of benzene rings is 1. The second kappa shape index (κ2) is 6.32. The van der Waals surface area contributed by atoms with E-state index in [4.69, 9.17) is 5.73 Å². The maximum atomic E-state index is 12.9. The van der Waals surface area contributed by atoms with Crippen LogP contribution in [-0.2, 0) is 11.3 Å². The summed E-state index contributed by atoms with van der Waals surface area (Å²) in [6.07, 6.45) is 4.48. The van der Waals surface area contributed by atoms with E-state index in [0.29, 0.717) is 11.4 Å². The molecule has 0 aliphatic rings. The second-order valence-corrected chi connectivity index (χ2v) is 4.97. The largest absolute Gasteiger partial charge is 0.368 e. The Hall–Kier alpha value is -3.49. The molecule has 0 aliphatic carbocycles. The van der Waals surface area contributed by atoms with Crippen molar-refractivity contribution in [3.05, 3.63) is 60.4 Å². The zero-order chi connectivity index (χ0) is 17.1. The molecule has 2 heterocycles. The summed E-state index contributed by atoms with van der Waals surface area (Å²) < 4.78 is 15.7. The van der Waals surface area contributed by atoms with E-state index in [9.17, 15) is 14.0 Å². The number of carbonyl (C=O) groups excluding carboxylic acids is 2. The van der Waals surface area contributed by atoms with Crippen molar-refractivity contribution in [1.82, 2.24) is 19.6 Å². The molecule has 0 fully saturated rings. The monoisotopic (exact) mass is 328 g/mol. The van der Waals surface area contributed by atoms with Gasteiger partial charge >= 0.3 is 0 Å². The highest BCUT2D eigenvalue weighted by Gasteiger charge is 2.12. The van der Waals surface area contributed by atoms with Gasteiger partial charge in [-0.2, -0.15) is 10.2 Å². The van der Waals surface area contributed by atoms with Crippen LogP contribution in [0.25, 0.3) is 5.69 Å². The third kappa shape index (κ3) is 3.46. The Balaban J connectivity index is 1.70. The van der Waals surface area contributed by atoms with Crippen molar-refractivity contribution in [2.45, 2.75) is 6.54 Å². The molecule has 0 saturated carbocycles. The molecular weight excluding hydrogens is 315 g/mol. The van der Waals surface area contributed by atoms with Crippen LogP contribution in [0.15, 0.2) is 48.9 Å². The molecule has 0 saturated heterocycles. The predicted octanol–water partition coefficient (Wildman–Crippen LogP) is 0.945. The van der Waals surface area contributed by atoms with Gasteiger partial charge in [-0.3, -0.25) is 14.3 Å². The van der Waals surface area contributed by atoms with Gasteiger partial charge in [0.1, 0.15) is 12.4 Å². The van der Waals surface area contributed by atoms with Gasteiger partial charge < -0.3 is 11.1 Å². The molecule has 1 aromatic carbocycles.